The van der Waals surface area contributed by atoms with Crippen molar-refractivity contribution in [3.8, 4) is 11.5 Å². The van der Waals surface area contributed by atoms with Crippen molar-refractivity contribution in [2.75, 3.05) is 0 Å². The van der Waals surface area contributed by atoms with Crippen LogP contribution in [0.2, 0.25) is 0 Å². The molecule has 0 saturated heterocycles. The molecule has 7 heteroatoms. The van der Waals surface area contributed by atoms with Crippen LogP contribution in [0, 0.1) is 0 Å². The van der Waals surface area contributed by atoms with Crippen LogP contribution in [0.15, 0.2) is 30.3 Å². The van der Waals surface area contributed by atoms with Crippen LogP contribution in [0.25, 0.3) is 0 Å². The number of phenols is 2. The minimum absolute atomic E-state index is 0.0339. The van der Waals surface area contributed by atoms with Gasteiger partial charge >= 0.3 is 5.97 Å². The van der Waals surface area contributed by atoms with E-state index in [1.54, 1.807) is 0 Å². The molecule has 0 aromatic heterocycles. The van der Waals surface area contributed by atoms with Crippen LogP contribution in [0.1, 0.15) is 37.4 Å². The first-order chi connectivity index (χ1) is 11.3. The van der Waals surface area contributed by atoms with Gasteiger partial charge in [-0.3, -0.25) is 14.4 Å². The van der Waals surface area contributed by atoms with Gasteiger partial charge in [0.1, 0.15) is 17.5 Å². The summed E-state index contributed by atoms with van der Waals surface area (Å²) < 4.78 is 0. The highest BCUT2D eigenvalue weighted by atomic mass is 16.4. The molecule has 24 heavy (non-hydrogen) atoms. The summed E-state index contributed by atoms with van der Waals surface area (Å²) in [5, 5.41) is 28.9. The van der Waals surface area contributed by atoms with Crippen molar-refractivity contribution in [2.24, 2.45) is 5.73 Å². The molecular weight excluding hydrogens is 314 g/mol. The number of nitrogens with two attached hydrogens (primary N) is 1. The molecule has 0 heterocycles. The predicted octanol–water partition coefficient (Wildman–Crippen LogP) is 0.828. The van der Waals surface area contributed by atoms with Crippen LogP contribution in [0.3, 0.4) is 0 Å². The van der Waals surface area contributed by atoms with E-state index in [2.05, 4.69) is 0 Å². The number of phenolic OH excluding ortho intramolecular Hbond substituents is 2. The molecule has 122 valence electrons. The Morgan fingerprint density at radius 3 is 2.33 bits per heavy atom. The third-order valence-electron chi connectivity index (χ3n) is 3.94. The van der Waals surface area contributed by atoms with Crippen LogP contribution in [-0.4, -0.2) is 38.9 Å². The molecule has 1 unspecified atom stereocenters. The number of ketones is 2. The highest BCUT2D eigenvalue weighted by molar-refractivity contribution is 6.30. The summed E-state index contributed by atoms with van der Waals surface area (Å²) in [4.78, 5) is 36.0. The van der Waals surface area contributed by atoms with E-state index in [4.69, 9.17) is 10.8 Å². The first-order valence-corrected chi connectivity index (χ1v) is 7.07. The van der Waals surface area contributed by atoms with Crippen molar-refractivity contribution < 1.29 is 29.7 Å². The molecule has 3 rings (SSSR count). The number of aromatic hydroxyl groups is 2. The number of hydrogen-bond donors (Lipinski definition) is 4. The minimum Gasteiger partial charge on any atom is -0.507 e. The molecule has 0 fully saturated rings. The largest absolute Gasteiger partial charge is 0.507 e. The lowest BCUT2D eigenvalue weighted by atomic mass is 9.82. The van der Waals surface area contributed by atoms with Gasteiger partial charge in [0.2, 0.25) is 5.78 Å². The van der Waals surface area contributed by atoms with Gasteiger partial charge in [-0.1, -0.05) is 12.1 Å². The topological polar surface area (TPSA) is 138 Å². The maximum absolute atomic E-state index is 12.6. The molecule has 1 aliphatic carbocycles. The molecular formula is C17H13NO6. The summed E-state index contributed by atoms with van der Waals surface area (Å²) in [6, 6.07) is 5.49. The Balaban J connectivity index is 2.15. The average molecular weight is 327 g/mol. The Morgan fingerprint density at radius 2 is 1.67 bits per heavy atom. The Bertz CT molecular complexity index is 902. The molecule has 1 aliphatic rings. The highest BCUT2D eigenvalue weighted by Crippen LogP contribution is 2.37. The smallest absolute Gasteiger partial charge is 0.320 e. The van der Waals surface area contributed by atoms with E-state index >= 15 is 0 Å². The van der Waals surface area contributed by atoms with Crippen LogP contribution >= 0.6 is 0 Å². The summed E-state index contributed by atoms with van der Waals surface area (Å²) in [7, 11) is 0. The predicted molar refractivity (Wildman–Crippen MR) is 82.4 cm³/mol. The average Bonchev–Trinajstić information content (AvgIpc) is 2.51. The van der Waals surface area contributed by atoms with E-state index in [9.17, 15) is 24.6 Å². The molecule has 0 spiro atoms. The van der Waals surface area contributed by atoms with Gasteiger partial charge in [0, 0.05) is 11.1 Å². The second-order valence-corrected chi connectivity index (χ2v) is 5.54. The normalized spacial score (nSPS) is 14.0. The second kappa shape index (κ2) is 5.47. The van der Waals surface area contributed by atoms with Crippen LogP contribution in [0.5, 0.6) is 11.5 Å². The van der Waals surface area contributed by atoms with Gasteiger partial charge < -0.3 is 21.1 Å². The Kier molecular flexibility index (Phi) is 3.57. The van der Waals surface area contributed by atoms with E-state index in [0.717, 1.165) is 0 Å². The number of rotatable bonds is 3. The second-order valence-electron chi connectivity index (χ2n) is 5.54. The fraction of sp³-hybridized carbons (Fsp3) is 0.118. The van der Waals surface area contributed by atoms with E-state index in [-0.39, 0.29) is 34.4 Å². The summed E-state index contributed by atoms with van der Waals surface area (Å²) >= 11 is 0. The number of fused-ring (bicyclic) bond motifs is 2. The maximum Gasteiger partial charge on any atom is 0.320 e. The van der Waals surface area contributed by atoms with Gasteiger partial charge in [-0.05, 0) is 30.2 Å². The summed E-state index contributed by atoms with van der Waals surface area (Å²) in [5.74, 6) is -3.20. The molecule has 0 bridgehead atoms. The molecule has 7 nitrogen and oxygen atoms in total. The van der Waals surface area contributed by atoms with Gasteiger partial charge in [0.05, 0.1) is 11.1 Å². The third kappa shape index (κ3) is 2.31. The van der Waals surface area contributed by atoms with Crippen molar-refractivity contribution in [3.05, 3.63) is 58.1 Å². The number of benzene rings is 2. The van der Waals surface area contributed by atoms with Gasteiger partial charge in [-0.25, -0.2) is 0 Å². The molecule has 1 atom stereocenters. The van der Waals surface area contributed by atoms with Crippen LogP contribution < -0.4 is 5.73 Å². The number of aliphatic carboxylic acids is 1. The summed E-state index contributed by atoms with van der Waals surface area (Å²) in [6.07, 6.45) is -0.107. The maximum atomic E-state index is 12.6. The number of carboxylic acid groups (broad SMARTS) is 1. The first-order valence-electron chi connectivity index (χ1n) is 7.07. The molecule has 0 saturated carbocycles. The summed E-state index contributed by atoms with van der Waals surface area (Å²) in [5.41, 5.74) is 5.43. The standard InChI is InChI=1S/C17H13NO6/c18-10(17(23)24)5-7-4-9-14(12(20)6-7)16(22)13-8(15(9)21)2-1-3-11(13)19/h1-4,6,10,19-20H,5,18H2,(H,23,24). The Labute approximate surface area is 136 Å². The molecule has 0 radical (unpaired) electrons. The van der Waals surface area contributed by atoms with E-state index in [1.807, 2.05) is 0 Å². The Hall–Kier alpha value is -3.19. The van der Waals surface area contributed by atoms with Gasteiger partial charge in [-0.2, -0.15) is 0 Å². The fourth-order valence-electron chi connectivity index (χ4n) is 2.80. The zero-order chi connectivity index (χ0) is 17.6. The van der Waals surface area contributed by atoms with Crippen molar-refractivity contribution >= 4 is 17.5 Å². The number of carbonyl (C=O) groups is 3. The van der Waals surface area contributed by atoms with Gasteiger partial charge in [0.25, 0.3) is 0 Å². The van der Waals surface area contributed by atoms with Gasteiger partial charge in [-0.15, -0.1) is 0 Å². The van der Waals surface area contributed by atoms with Crippen molar-refractivity contribution in [2.45, 2.75) is 12.5 Å². The SMILES string of the molecule is NC(Cc1cc(O)c2c(c1)C(=O)c1cccc(O)c1C2=O)C(=O)O. The van der Waals surface area contributed by atoms with E-state index in [1.165, 1.54) is 30.3 Å². The lowest BCUT2D eigenvalue weighted by Gasteiger charge is -2.20. The number of carbonyl (C=O) groups excluding carboxylic acids is 2. The highest BCUT2D eigenvalue weighted by Gasteiger charge is 2.34. The van der Waals surface area contributed by atoms with Crippen molar-refractivity contribution in [1.29, 1.82) is 0 Å². The molecule has 5 N–H and O–H groups in total. The number of carboxylic acids is 1. The lowest BCUT2D eigenvalue weighted by Crippen LogP contribution is -2.32. The van der Waals surface area contributed by atoms with Crippen LogP contribution in [0.4, 0.5) is 0 Å². The molecule has 2 aromatic rings. The quantitative estimate of drug-likeness (QED) is 0.559. The third-order valence-corrected chi connectivity index (χ3v) is 3.94. The molecule has 2 aromatic carbocycles. The monoisotopic (exact) mass is 327 g/mol. The minimum atomic E-state index is -1.22. The molecule has 0 aliphatic heterocycles. The van der Waals surface area contributed by atoms with Crippen molar-refractivity contribution in [3.63, 3.8) is 0 Å². The zero-order valence-electron chi connectivity index (χ0n) is 12.3. The van der Waals surface area contributed by atoms with Gasteiger partial charge in [0.15, 0.2) is 5.78 Å². The first kappa shape index (κ1) is 15.7. The molecule has 0 amide bonds. The van der Waals surface area contributed by atoms with Crippen molar-refractivity contribution in [1.82, 2.24) is 0 Å². The Morgan fingerprint density at radius 1 is 1.00 bits per heavy atom. The zero-order valence-corrected chi connectivity index (χ0v) is 12.3. The lowest BCUT2D eigenvalue weighted by molar-refractivity contribution is -0.138. The number of hydrogen-bond acceptors (Lipinski definition) is 6. The van der Waals surface area contributed by atoms with E-state index < -0.39 is 29.3 Å². The van der Waals surface area contributed by atoms with Crippen LogP contribution in [-0.2, 0) is 11.2 Å². The van der Waals surface area contributed by atoms with E-state index in [0.29, 0.717) is 5.56 Å². The fourth-order valence-corrected chi connectivity index (χ4v) is 2.80. The summed E-state index contributed by atoms with van der Waals surface area (Å²) in [6.45, 7) is 0.